The summed E-state index contributed by atoms with van der Waals surface area (Å²) in [5.74, 6) is -4.60. The predicted octanol–water partition coefficient (Wildman–Crippen LogP) is 8.16. The van der Waals surface area contributed by atoms with Gasteiger partial charge in [-0.05, 0) is 103 Å². The van der Waals surface area contributed by atoms with Crippen LogP contribution in [0.2, 0.25) is 10.0 Å². The molecule has 0 bridgehead atoms. The third kappa shape index (κ3) is 5.20. The van der Waals surface area contributed by atoms with E-state index in [0.717, 1.165) is 16.1 Å². The van der Waals surface area contributed by atoms with Crippen molar-refractivity contribution in [3.63, 3.8) is 0 Å². The summed E-state index contributed by atoms with van der Waals surface area (Å²) in [7, 11) is 1.55. The number of methoxy groups -OCH3 is 1. The van der Waals surface area contributed by atoms with E-state index in [1.807, 2.05) is 30.3 Å². The smallest absolute Gasteiger partial charge is 0.260 e. The number of aromatic hydroxyl groups is 1. The molecule has 2 aliphatic carbocycles. The molecule has 8 rings (SSSR count). The number of rotatable bonds is 7. The Balaban J connectivity index is 1.33. The summed E-state index contributed by atoms with van der Waals surface area (Å²) in [5.41, 5.74) is 6.45. The van der Waals surface area contributed by atoms with Crippen LogP contribution in [0.3, 0.4) is 0 Å². The highest BCUT2D eigenvalue weighted by Gasteiger charge is 2.70. The van der Waals surface area contributed by atoms with Crippen molar-refractivity contribution in [2.75, 3.05) is 17.4 Å². The minimum Gasteiger partial charge on any atom is -0.507 e. The van der Waals surface area contributed by atoms with Gasteiger partial charge in [0, 0.05) is 10.9 Å². The van der Waals surface area contributed by atoms with Crippen molar-refractivity contribution in [2.45, 2.75) is 38.0 Å². The Morgan fingerprint density at radius 2 is 1.57 bits per heavy atom. The average molecular weight is 763 g/mol. The highest BCUT2D eigenvalue weighted by molar-refractivity contribution is 6.36. The molecular formula is C43H37Cl2N3O6. The molecule has 0 radical (unpaired) electrons. The van der Waals surface area contributed by atoms with Gasteiger partial charge in [0.25, 0.3) is 11.8 Å². The summed E-state index contributed by atoms with van der Waals surface area (Å²) >= 11 is 12.8. The third-order valence-electron chi connectivity index (χ3n) is 11.8. The standard InChI is InChI=1S/C43H37Cl2N3O6/c1-5-24-6-11-28(12-7-24)47-39(50)31-16-15-30-32(36(31)41(47)52)21-33-40(51)48(46-35-17-10-27(44)20-34(35)45)42(53)43(33,26-8-13-29(54-4)14-9-26)37(30)25-18-22(2)38(49)23(3)19-25/h5-15,17-20,31-33,36-37,46,49H,1,16,21H2,2-4H3/t31-,32+,33-,36-,37-,43+/m0/s1. The number of hydrogen-bond donors (Lipinski definition) is 2. The van der Waals surface area contributed by atoms with E-state index in [-0.39, 0.29) is 35.4 Å². The first-order valence-corrected chi connectivity index (χ1v) is 18.5. The molecule has 6 atom stereocenters. The molecule has 2 saturated heterocycles. The Morgan fingerprint density at radius 3 is 2.20 bits per heavy atom. The summed E-state index contributed by atoms with van der Waals surface area (Å²) in [6.07, 6.45) is 4.11. The van der Waals surface area contributed by atoms with Gasteiger partial charge < -0.3 is 9.84 Å². The van der Waals surface area contributed by atoms with Gasteiger partial charge in [-0.2, -0.15) is 5.01 Å². The summed E-state index contributed by atoms with van der Waals surface area (Å²) in [5, 5.41) is 12.6. The quantitative estimate of drug-likeness (QED) is 0.144. The van der Waals surface area contributed by atoms with Crippen molar-refractivity contribution in [3.05, 3.63) is 135 Å². The zero-order chi connectivity index (χ0) is 38.2. The lowest BCUT2D eigenvalue weighted by Crippen LogP contribution is -2.53. The Kier molecular flexibility index (Phi) is 8.70. The number of phenols is 1. The van der Waals surface area contributed by atoms with Gasteiger partial charge in [-0.15, -0.1) is 0 Å². The van der Waals surface area contributed by atoms with Crippen molar-refractivity contribution >= 4 is 64.3 Å². The largest absolute Gasteiger partial charge is 0.507 e. The fraction of sp³-hybridized carbons (Fsp3) is 0.256. The van der Waals surface area contributed by atoms with Crippen LogP contribution < -0.4 is 15.1 Å². The number of carbonyl (C=O) groups is 4. The van der Waals surface area contributed by atoms with E-state index in [1.165, 1.54) is 11.0 Å². The summed E-state index contributed by atoms with van der Waals surface area (Å²) in [6.45, 7) is 7.39. The molecule has 4 aromatic rings. The van der Waals surface area contributed by atoms with Gasteiger partial charge in [0.05, 0.1) is 46.7 Å². The van der Waals surface area contributed by atoms with Crippen molar-refractivity contribution in [1.29, 1.82) is 0 Å². The second kappa shape index (κ2) is 13.2. The van der Waals surface area contributed by atoms with Crippen LogP contribution in [0.25, 0.3) is 6.08 Å². The van der Waals surface area contributed by atoms with Crippen LogP contribution in [0, 0.1) is 37.5 Å². The van der Waals surface area contributed by atoms with Gasteiger partial charge >= 0.3 is 0 Å². The van der Waals surface area contributed by atoms with Crippen LogP contribution in [0.1, 0.15) is 46.6 Å². The number of allylic oxidation sites excluding steroid dienone is 2. The van der Waals surface area contributed by atoms with Crippen LogP contribution in [-0.4, -0.2) is 40.9 Å². The molecule has 4 amide bonds. The number of fused-ring (bicyclic) bond motifs is 4. The van der Waals surface area contributed by atoms with E-state index in [2.05, 4.69) is 12.0 Å². The van der Waals surface area contributed by atoms with E-state index < -0.39 is 46.8 Å². The zero-order valence-corrected chi connectivity index (χ0v) is 31.3. The van der Waals surface area contributed by atoms with Gasteiger partial charge in [0.1, 0.15) is 11.5 Å². The highest BCUT2D eigenvalue weighted by Crippen LogP contribution is 2.64. The fourth-order valence-corrected chi connectivity index (χ4v) is 9.84. The molecule has 11 heteroatoms. The lowest BCUT2D eigenvalue weighted by Gasteiger charge is -2.50. The molecule has 1 saturated carbocycles. The van der Waals surface area contributed by atoms with E-state index in [9.17, 15) is 19.5 Å². The third-order valence-corrected chi connectivity index (χ3v) is 12.4. The van der Waals surface area contributed by atoms with Crippen molar-refractivity contribution in [1.82, 2.24) is 5.01 Å². The summed E-state index contributed by atoms with van der Waals surface area (Å²) < 4.78 is 5.49. The first-order chi connectivity index (χ1) is 25.9. The number of aryl methyl sites for hydroxylation is 2. The molecule has 2 aliphatic heterocycles. The number of nitrogens with one attached hydrogen (secondary N) is 1. The molecule has 54 heavy (non-hydrogen) atoms. The number of hydrogen-bond acceptors (Lipinski definition) is 7. The van der Waals surface area contributed by atoms with E-state index in [0.29, 0.717) is 44.4 Å². The zero-order valence-electron chi connectivity index (χ0n) is 29.8. The molecule has 274 valence electrons. The Morgan fingerprint density at radius 1 is 0.889 bits per heavy atom. The van der Waals surface area contributed by atoms with Gasteiger partial charge in [0.2, 0.25) is 11.8 Å². The molecule has 2 heterocycles. The normalized spacial score (nSPS) is 25.9. The number of carbonyl (C=O) groups excluding carboxylic acids is 4. The minimum absolute atomic E-state index is 0.128. The number of amides is 4. The minimum atomic E-state index is -1.51. The first-order valence-electron chi connectivity index (χ1n) is 17.8. The molecule has 0 aromatic heterocycles. The molecule has 0 spiro atoms. The van der Waals surface area contributed by atoms with Crippen LogP contribution in [0.5, 0.6) is 11.5 Å². The molecule has 4 aromatic carbocycles. The van der Waals surface area contributed by atoms with E-state index >= 15 is 4.79 Å². The average Bonchev–Trinajstić information content (AvgIpc) is 3.55. The van der Waals surface area contributed by atoms with Crippen LogP contribution in [-0.2, 0) is 24.6 Å². The van der Waals surface area contributed by atoms with Gasteiger partial charge in [0.15, 0.2) is 0 Å². The van der Waals surface area contributed by atoms with Gasteiger partial charge in [-0.25, -0.2) is 0 Å². The van der Waals surface area contributed by atoms with Crippen molar-refractivity contribution in [2.24, 2.45) is 23.7 Å². The van der Waals surface area contributed by atoms with Crippen LogP contribution in [0.15, 0.2) is 97.1 Å². The Bertz CT molecular complexity index is 2280. The second-order valence-corrected chi connectivity index (χ2v) is 15.4. The molecule has 9 nitrogen and oxygen atoms in total. The Labute approximate surface area is 322 Å². The molecule has 3 fully saturated rings. The van der Waals surface area contributed by atoms with Crippen LogP contribution >= 0.6 is 23.2 Å². The number of anilines is 2. The maximum Gasteiger partial charge on any atom is 0.260 e. The molecule has 2 N–H and O–H groups in total. The SMILES string of the molecule is C=Cc1ccc(N2C(=O)[C@H]3[C@H](CC=C4[C@H]3C[C@H]3C(=O)N(Nc5ccc(Cl)cc5Cl)C(=O)[C@@]3(c3ccc(OC)cc3)[C@H]4c3cc(C)c(O)c(C)c3)C2=O)cc1. The van der Waals surface area contributed by atoms with Crippen molar-refractivity contribution < 1.29 is 29.0 Å². The maximum atomic E-state index is 15.5. The van der Waals surface area contributed by atoms with Crippen molar-refractivity contribution in [3.8, 4) is 11.5 Å². The predicted molar refractivity (Wildman–Crippen MR) is 207 cm³/mol. The summed E-state index contributed by atoms with van der Waals surface area (Å²) in [6, 6.07) is 22.7. The highest BCUT2D eigenvalue weighted by atomic mass is 35.5. The number of nitrogens with zero attached hydrogens (tertiary/aromatic N) is 2. The number of hydrazine groups is 1. The van der Waals surface area contributed by atoms with E-state index in [4.69, 9.17) is 27.9 Å². The molecular weight excluding hydrogens is 725 g/mol. The number of halogens is 2. The first kappa shape index (κ1) is 35.6. The van der Waals surface area contributed by atoms with Gasteiger partial charge in [-0.1, -0.05) is 83.9 Å². The monoisotopic (exact) mass is 761 g/mol. The fourth-order valence-electron chi connectivity index (χ4n) is 9.39. The number of phenolic OH excluding ortho intramolecular Hbond substituents is 1. The lowest BCUT2D eigenvalue weighted by atomic mass is 9.49. The number of imide groups is 2. The topological polar surface area (TPSA) is 116 Å². The molecule has 4 aliphatic rings. The number of benzene rings is 4. The van der Waals surface area contributed by atoms with Crippen LogP contribution in [0.4, 0.5) is 11.4 Å². The van der Waals surface area contributed by atoms with Gasteiger partial charge in [-0.3, -0.25) is 29.5 Å². The second-order valence-electron chi connectivity index (χ2n) is 14.5. The van der Waals surface area contributed by atoms with E-state index in [1.54, 1.807) is 75.6 Å². The lowest BCUT2D eigenvalue weighted by molar-refractivity contribution is -0.138. The maximum absolute atomic E-state index is 15.5. The Hall–Kier alpha value is -5.38. The number of ether oxygens (including phenoxy) is 1. The molecule has 0 unspecified atom stereocenters. The summed E-state index contributed by atoms with van der Waals surface area (Å²) in [4.78, 5) is 60.4.